The van der Waals surface area contributed by atoms with Crippen molar-refractivity contribution in [1.29, 1.82) is 0 Å². The van der Waals surface area contributed by atoms with Crippen molar-refractivity contribution < 1.29 is 22.7 Å². The second-order valence-corrected chi connectivity index (χ2v) is 11.7. The van der Waals surface area contributed by atoms with E-state index in [9.17, 15) is 18.0 Å². The Labute approximate surface area is 233 Å². The molecule has 0 saturated heterocycles. The molecule has 12 heteroatoms. The molecule has 204 valence electrons. The number of hydrogen-bond acceptors (Lipinski definition) is 5. The summed E-state index contributed by atoms with van der Waals surface area (Å²) in [5.41, 5.74) is 0.823. The molecular formula is C25H32Cl3N3O5S. The van der Waals surface area contributed by atoms with Crippen LogP contribution in [0.25, 0.3) is 0 Å². The Bertz CT molecular complexity index is 1230. The number of hydrogen-bond donors (Lipinski definition) is 1. The fourth-order valence-corrected chi connectivity index (χ4v) is 5.03. The Balaban J connectivity index is 2.49. The van der Waals surface area contributed by atoms with Crippen LogP contribution in [0.5, 0.6) is 5.75 Å². The maximum atomic E-state index is 13.7. The third-order valence-electron chi connectivity index (χ3n) is 5.83. The second-order valence-electron chi connectivity index (χ2n) is 8.60. The van der Waals surface area contributed by atoms with Gasteiger partial charge in [0.05, 0.1) is 34.1 Å². The highest BCUT2D eigenvalue weighted by atomic mass is 35.5. The smallest absolute Gasteiger partial charge is 0.244 e. The molecule has 2 rings (SSSR count). The Hall–Kier alpha value is -2.20. The number of carbonyl (C=O) groups is 2. The first kappa shape index (κ1) is 31.0. The molecule has 0 fully saturated rings. The number of carbonyl (C=O) groups excluding carboxylic acids is 2. The summed E-state index contributed by atoms with van der Waals surface area (Å²) in [5, 5.41) is 3.75. The van der Waals surface area contributed by atoms with Gasteiger partial charge in [0.25, 0.3) is 0 Å². The van der Waals surface area contributed by atoms with Crippen LogP contribution in [0, 0.1) is 0 Å². The van der Waals surface area contributed by atoms with Gasteiger partial charge in [-0.15, -0.1) is 0 Å². The highest BCUT2D eigenvalue weighted by Crippen LogP contribution is 2.30. The lowest BCUT2D eigenvalue weighted by atomic mass is 10.1. The van der Waals surface area contributed by atoms with Crippen LogP contribution >= 0.6 is 34.8 Å². The molecule has 0 aliphatic rings. The van der Waals surface area contributed by atoms with Gasteiger partial charge < -0.3 is 15.0 Å². The number of benzene rings is 2. The monoisotopic (exact) mass is 591 g/mol. The molecule has 37 heavy (non-hydrogen) atoms. The number of sulfonamides is 1. The van der Waals surface area contributed by atoms with Crippen molar-refractivity contribution in [2.45, 2.75) is 52.2 Å². The lowest BCUT2D eigenvalue weighted by Crippen LogP contribution is -2.53. The summed E-state index contributed by atoms with van der Waals surface area (Å²) in [6.45, 7) is 5.07. The van der Waals surface area contributed by atoms with Crippen molar-refractivity contribution in [2.75, 3.05) is 24.2 Å². The number of nitrogens with zero attached hydrogens (tertiary/aromatic N) is 2. The zero-order valence-corrected chi connectivity index (χ0v) is 24.5. The van der Waals surface area contributed by atoms with E-state index < -0.39 is 28.5 Å². The summed E-state index contributed by atoms with van der Waals surface area (Å²) >= 11 is 18.4. The quantitative estimate of drug-likeness (QED) is 0.368. The van der Waals surface area contributed by atoms with Gasteiger partial charge in [-0.3, -0.25) is 13.9 Å². The van der Waals surface area contributed by atoms with Crippen LogP contribution < -0.4 is 14.4 Å². The third kappa shape index (κ3) is 8.40. The number of anilines is 1. The largest absolute Gasteiger partial charge is 0.495 e. The normalized spacial score (nSPS) is 13.0. The van der Waals surface area contributed by atoms with Crippen LogP contribution in [0.1, 0.15) is 39.2 Å². The molecule has 2 amide bonds. The van der Waals surface area contributed by atoms with Gasteiger partial charge in [0.15, 0.2) is 0 Å². The van der Waals surface area contributed by atoms with Crippen molar-refractivity contribution in [3.8, 4) is 5.75 Å². The summed E-state index contributed by atoms with van der Waals surface area (Å²) in [6, 6.07) is 8.38. The van der Waals surface area contributed by atoms with Crippen LogP contribution in [0.15, 0.2) is 36.4 Å². The molecule has 1 N–H and O–H groups in total. The van der Waals surface area contributed by atoms with Crippen LogP contribution in [0.4, 0.5) is 5.69 Å². The average molecular weight is 593 g/mol. The lowest BCUT2D eigenvalue weighted by Gasteiger charge is -2.33. The first-order valence-electron chi connectivity index (χ1n) is 11.7. The highest BCUT2D eigenvalue weighted by molar-refractivity contribution is 7.92. The molecule has 0 bridgehead atoms. The minimum Gasteiger partial charge on any atom is -0.495 e. The zero-order valence-electron chi connectivity index (χ0n) is 21.4. The predicted octanol–water partition coefficient (Wildman–Crippen LogP) is 5.14. The van der Waals surface area contributed by atoms with Crippen molar-refractivity contribution in [3.05, 3.63) is 57.0 Å². The van der Waals surface area contributed by atoms with Gasteiger partial charge in [-0.2, -0.15) is 0 Å². The molecule has 0 aromatic heterocycles. The van der Waals surface area contributed by atoms with Gasteiger partial charge in [0, 0.05) is 12.6 Å². The maximum Gasteiger partial charge on any atom is 0.244 e. The zero-order chi connectivity index (χ0) is 27.9. The molecule has 0 heterocycles. The number of ether oxygens (including phenoxy) is 1. The Morgan fingerprint density at radius 3 is 2.19 bits per heavy atom. The molecule has 2 aromatic rings. The molecule has 0 spiro atoms. The SMILES string of the molecule is CC[C@H](C)NC(=O)[C@H](CC)N(Cc1ccc(Cl)c(Cl)c1)C(=O)CN(c1ccc(OC)c(Cl)c1)S(C)(=O)=O. The molecule has 8 nitrogen and oxygen atoms in total. The Morgan fingerprint density at radius 1 is 1.00 bits per heavy atom. The van der Waals surface area contributed by atoms with Crippen molar-refractivity contribution in [1.82, 2.24) is 10.2 Å². The van der Waals surface area contributed by atoms with Crippen LogP contribution in [0.3, 0.4) is 0 Å². The van der Waals surface area contributed by atoms with Crippen molar-refractivity contribution in [2.24, 2.45) is 0 Å². The summed E-state index contributed by atoms with van der Waals surface area (Å²) in [7, 11) is -2.46. The first-order chi connectivity index (χ1) is 17.3. The van der Waals surface area contributed by atoms with Gasteiger partial charge in [-0.1, -0.05) is 54.7 Å². The maximum absolute atomic E-state index is 13.7. The van der Waals surface area contributed by atoms with Gasteiger partial charge in [-0.05, 0) is 55.7 Å². The molecule has 2 atom stereocenters. The van der Waals surface area contributed by atoms with E-state index in [1.165, 1.54) is 30.2 Å². The third-order valence-corrected chi connectivity index (χ3v) is 8.00. The van der Waals surface area contributed by atoms with E-state index >= 15 is 0 Å². The summed E-state index contributed by atoms with van der Waals surface area (Å²) in [5.74, 6) is -0.544. The van der Waals surface area contributed by atoms with Crippen molar-refractivity contribution >= 4 is 62.3 Å². The van der Waals surface area contributed by atoms with E-state index in [-0.39, 0.29) is 29.2 Å². The van der Waals surface area contributed by atoms with Crippen LogP contribution in [0.2, 0.25) is 15.1 Å². The summed E-state index contributed by atoms with van der Waals surface area (Å²) < 4.78 is 31.5. The molecular weight excluding hydrogens is 561 g/mol. The number of halogens is 3. The van der Waals surface area contributed by atoms with E-state index in [1.807, 2.05) is 13.8 Å². The minimum atomic E-state index is -3.90. The summed E-state index contributed by atoms with van der Waals surface area (Å²) in [6.07, 6.45) is 2.01. The molecule has 0 aliphatic heterocycles. The molecule has 0 unspecified atom stereocenters. The number of nitrogens with one attached hydrogen (secondary N) is 1. The topological polar surface area (TPSA) is 96.0 Å². The van der Waals surface area contributed by atoms with Gasteiger partial charge >= 0.3 is 0 Å². The van der Waals surface area contributed by atoms with Gasteiger partial charge in [0.1, 0.15) is 18.3 Å². The van der Waals surface area contributed by atoms with E-state index in [0.29, 0.717) is 34.2 Å². The number of methoxy groups -OCH3 is 1. The Morgan fingerprint density at radius 2 is 1.68 bits per heavy atom. The van der Waals surface area contributed by atoms with E-state index in [1.54, 1.807) is 25.1 Å². The fraction of sp³-hybridized carbons (Fsp3) is 0.440. The standard InChI is InChI=1S/C25H32Cl3N3O5S/c1-6-16(3)29-25(33)22(7-2)30(14-17-8-10-19(26)20(27)12-17)24(32)15-31(37(5,34)35)18-9-11-23(36-4)21(28)13-18/h8-13,16,22H,6-7,14-15H2,1-5H3,(H,29,33)/t16-,22-/m0/s1. The molecule has 0 saturated carbocycles. The Kier molecular flexibility index (Phi) is 11.4. The predicted molar refractivity (Wildman–Crippen MR) is 149 cm³/mol. The second kappa shape index (κ2) is 13.6. The molecule has 0 radical (unpaired) electrons. The number of amides is 2. The average Bonchev–Trinajstić information content (AvgIpc) is 2.83. The molecule has 0 aliphatic carbocycles. The van der Waals surface area contributed by atoms with Gasteiger partial charge in [-0.25, -0.2) is 8.42 Å². The van der Waals surface area contributed by atoms with Crippen LogP contribution in [-0.2, 0) is 26.2 Å². The van der Waals surface area contributed by atoms with E-state index in [4.69, 9.17) is 39.5 Å². The minimum absolute atomic E-state index is 0.0170. The fourth-order valence-electron chi connectivity index (χ4n) is 3.62. The van der Waals surface area contributed by atoms with E-state index in [2.05, 4.69) is 5.32 Å². The van der Waals surface area contributed by atoms with E-state index in [0.717, 1.165) is 10.6 Å². The van der Waals surface area contributed by atoms with Crippen molar-refractivity contribution in [3.63, 3.8) is 0 Å². The first-order valence-corrected chi connectivity index (χ1v) is 14.7. The number of rotatable bonds is 12. The summed E-state index contributed by atoms with van der Waals surface area (Å²) in [4.78, 5) is 28.2. The highest BCUT2D eigenvalue weighted by Gasteiger charge is 2.32. The molecule has 2 aromatic carbocycles. The lowest BCUT2D eigenvalue weighted by molar-refractivity contribution is -0.140. The van der Waals surface area contributed by atoms with Crippen LogP contribution in [-0.4, -0.2) is 57.1 Å². The van der Waals surface area contributed by atoms with Gasteiger partial charge in [0.2, 0.25) is 21.8 Å².